The third-order valence-corrected chi connectivity index (χ3v) is 3.95. The van der Waals surface area contributed by atoms with E-state index in [9.17, 15) is 79.4 Å². The normalized spacial score (nSPS) is 16.6. The van der Waals surface area contributed by atoms with Crippen LogP contribution in [0.2, 0.25) is 0 Å². The first kappa shape index (κ1) is 31.6. The number of hydrogen-bond acceptors (Lipinski definition) is 2. The fourth-order valence-corrected chi connectivity index (χ4v) is 1.81. The second-order valence-corrected chi connectivity index (χ2v) is 6.84. The Morgan fingerprint density at radius 3 is 1.24 bits per heavy atom. The van der Waals surface area contributed by atoms with Gasteiger partial charge in [-0.3, -0.25) is 4.79 Å². The smallest absolute Gasteiger partial charge is 0.460 e. The van der Waals surface area contributed by atoms with Gasteiger partial charge in [-0.2, -0.15) is 74.6 Å². The number of carbonyl (C=O) groups is 1. The molecule has 1 unspecified atom stereocenters. The van der Waals surface area contributed by atoms with Crippen molar-refractivity contribution in [2.45, 2.75) is 66.4 Å². The number of carbonyl (C=O) groups excluding carboxylic acids is 1. The Balaban J connectivity index is 6.34. The van der Waals surface area contributed by atoms with Gasteiger partial charge in [0.05, 0.1) is 13.0 Å². The number of rotatable bonds is 10. The van der Waals surface area contributed by atoms with E-state index in [0.717, 1.165) is 6.92 Å². The molecule has 2 nitrogen and oxygen atoms in total. The summed E-state index contributed by atoms with van der Waals surface area (Å²) < 4.78 is 225. The van der Waals surface area contributed by atoms with Gasteiger partial charge in [0.25, 0.3) is 0 Å². The third kappa shape index (κ3) is 4.74. The molecule has 1 atom stereocenters. The summed E-state index contributed by atoms with van der Waals surface area (Å²) in [6, 6.07) is 0. The number of halogens is 18. The second kappa shape index (κ2) is 8.66. The molecule has 0 bridgehead atoms. The SMILES string of the molecule is CC(Cl)C(=O)OCCC(F)(F)C(F)(F)C(F)(F)C(F)(F)C(F)(F)C(F)(F)C(F)(F)C(F)(F)F. The highest BCUT2D eigenvalue weighted by Gasteiger charge is 2.95. The van der Waals surface area contributed by atoms with Gasteiger partial charge in [0, 0.05) is 0 Å². The molecule has 0 rings (SSSR count). The third-order valence-electron chi connectivity index (χ3n) is 3.77. The number of alkyl halides is 18. The molecule has 0 amide bonds. The monoisotopic (exact) mass is 554 g/mol. The minimum atomic E-state index is -8.68. The molecule has 0 aliphatic heterocycles. The van der Waals surface area contributed by atoms with E-state index in [1.165, 1.54) is 0 Å². The molecule has 0 spiro atoms. The lowest BCUT2D eigenvalue weighted by Gasteiger charge is -2.42. The van der Waals surface area contributed by atoms with Gasteiger partial charge in [0.15, 0.2) is 0 Å². The summed E-state index contributed by atoms with van der Waals surface area (Å²) in [5.41, 5.74) is 0. The maximum absolute atomic E-state index is 13.5. The molecule has 33 heavy (non-hydrogen) atoms. The van der Waals surface area contributed by atoms with E-state index >= 15 is 0 Å². The van der Waals surface area contributed by atoms with Crippen molar-refractivity contribution in [1.82, 2.24) is 0 Å². The molecule has 0 aromatic heterocycles. The molecular weight excluding hydrogens is 547 g/mol. The van der Waals surface area contributed by atoms with Crippen molar-refractivity contribution in [3.05, 3.63) is 0 Å². The number of esters is 1. The average molecular weight is 555 g/mol. The maximum Gasteiger partial charge on any atom is 0.460 e. The Hall–Kier alpha value is -1.43. The first-order valence-corrected chi connectivity index (χ1v) is 8.03. The molecule has 0 fully saturated rings. The van der Waals surface area contributed by atoms with Crippen LogP contribution in [-0.4, -0.2) is 65.6 Å². The second-order valence-electron chi connectivity index (χ2n) is 6.18. The van der Waals surface area contributed by atoms with Crippen LogP contribution in [-0.2, 0) is 9.53 Å². The summed E-state index contributed by atoms with van der Waals surface area (Å²) >= 11 is 5.04. The lowest BCUT2D eigenvalue weighted by molar-refractivity contribution is -0.461. The van der Waals surface area contributed by atoms with Gasteiger partial charge in [-0.1, -0.05) is 0 Å². The molecular formula is C13H8ClF17O2. The van der Waals surface area contributed by atoms with Crippen molar-refractivity contribution >= 4 is 17.6 Å². The minimum Gasteiger partial charge on any atom is -0.464 e. The van der Waals surface area contributed by atoms with Crippen LogP contribution in [0, 0.1) is 0 Å². The van der Waals surface area contributed by atoms with Gasteiger partial charge in [0.1, 0.15) is 5.38 Å². The summed E-state index contributed by atoms with van der Waals surface area (Å²) in [5, 5.41) is -1.65. The Bertz CT molecular complexity index is 712. The highest BCUT2D eigenvalue weighted by molar-refractivity contribution is 6.29. The summed E-state index contributed by atoms with van der Waals surface area (Å²) in [6.07, 6.45) is -10.7. The van der Waals surface area contributed by atoms with Crippen LogP contribution >= 0.6 is 11.6 Å². The molecule has 20 heteroatoms. The summed E-state index contributed by atoms with van der Waals surface area (Å²) in [5.74, 6) is -58.5. The van der Waals surface area contributed by atoms with Crippen molar-refractivity contribution in [1.29, 1.82) is 0 Å². The predicted octanol–water partition coefficient (Wildman–Crippen LogP) is 6.56. The first-order valence-electron chi connectivity index (χ1n) is 7.60. The van der Waals surface area contributed by atoms with Crippen molar-refractivity contribution in [2.75, 3.05) is 6.61 Å². The van der Waals surface area contributed by atoms with E-state index in [1.54, 1.807) is 0 Å². The highest BCUT2D eigenvalue weighted by Crippen LogP contribution is 2.64. The van der Waals surface area contributed by atoms with E-state index < -0.39 is 72.0 Å². The van der Waals surface area contributed by atoms with Crippen LogP contribution in [0.25, 0.3) is 0 Å². The highest BCUT2D eigenvalue weighted by atomic mass is 35.5. The van der Waals surface area contributed by atoms with Gasteiger partial charge in [-0.25, -0.2) is 0 Å². The van der Waals surface area contributed by atoms with E-state index in [0.29, 0.717) is 0 Å². The minimum absolute atomic E-state index is 0.810. The lowest BCUT2D eigenvalue weighted by atomic mass is 9.88. The largest absolute Gasteiger partial charge is 0.464 e. The van der Waals surface area contributed by atoms with Crippen LogP contribution < -0.4 is 0 Å². The van der Waals surface area contributed by atoms with Gasteiger partial charge in [-0.05, 0) is 6.92 Å². The van der Waals surface area contributed by atoms with Gasteiger partial charge >= 0.3 is 53.6 Å². The van der Waals surface area contributed by atoms with E-state index in [4.69, 9.17) is 11.6 Å². The number of hydrogen-bond donors (Lipinski definition) is 0. The Morgan fingerprint density at radius 1 is 0.636 bits per heavy atom. The number of ether oxygens (including phenoxy) is 1. The molecule has 0 saturated heterocycles. The van der Waals surface area contributed by atoms with Crippen LogP contribution in [0.15, 0.2) is 0 Å². The van der Waals surface area contributed by atoms with Crippen molar-refractivity contribution in [2.24, 2.45) is 0 Å². The molecule has 0 N–H and O–H groups in total. The van der Waals surface area contributed by atoms with Gasteiger partial charge < -0.3 is 4.74 Å². The molecule has 0 aromatic rings. The Kier molecular flexibility index (Phi) is 8.28. The van der Waals surface area contributed by atoms with E-state index in [2.05, 4.69) is 4.74 Å². The van der Waals surface area contributed by atoms with E-state index in [1.807, 2.05) is 0 Å². The maximum atomic E-state index is 13.5. The zero-order chi connectivity index (χ0) is 27.3. The molecule has 0 aromatic carbocycles. The molecule has 0 heterocycles. The van der Waals surface area contributed by atoms with E-state index in [-0.39, 0.29) is 0 Å². The summed E-state index contributed by atoms with van der Waals surface area (Å²) in [6.45, 7) is -1.21. The van der Waals surface area contributed by atoms with Crippen molar-refractivity contribution in [3.63, 3.8) is 0 Å². The summed E-state index contributed by atoms with van der Waals surface area (Å²) in [4.78, 5) is 10.9. The van der Waals surface area contributed by atoms with Crippen LogP contribution in [0.4, 0.5) is 74.6 Å². The molecule has 0 aliphatic carbocycles. The fraction of sp³-hybridized carbons (Fsp3) is 0.923. The molecule has 0 radical (unpaired) electrons. The first-order chi connectivity index (χ1) is 14.1. The topological polar surface area (TPSA) is 26.3 Å². The zero-order valence-electron chi connectivity index (χ0n) is 15.1. The van der Waals surface area contributed by atoms with Crippen LogP contribution in [0.5, 0.6) is 0 Å². The zero-order valence-corrected chi connectivity index (χ0v) is 15.9. The average Bonchev–Trinajstić information content (AvgIpc) is 2.59. The van der Waals surface area contributed by atoms with Crippen LogP contribution in [0.3, 0.4) is 0 Å². The quantitative estimate of drug-likeness (QED) is 0.174. The van der Waals surface area contributed by atoms with Gasteiger partial charge in [0.2, 0.25) is 0 Å². The predicted molar refractivity (Wildman–Crippen MR) is 71.6 cm³/mol. The molecule has 0 aliphatic rings. The van der Waals surface area contributed by atoms with Crippen LogP contribution in [0.1, 0.15) is 13.3 Å². The molecule has 0 saturated carbocycles. The van der Waals surface area contributed by atoms with Gasteiger partial charge in [-0.15, -0.1) is 11.6 Å². The fourth-order valence-electron chi connectivity index (χ4n) is 1.75. The standard InChI is InChI=1S/C13H8ClF17O2/c1-4(14)5(32)33-3-2-6(15,16)7(17,18)8(19,20)9(21,22)10(23,24)11(25,26)12(27,28)13(29,30)31/h4H,2-3H2,1H3. The lowest BCUT2D eigenvalue weighted by Crippen LogP contribution is -2.74. The van der Waals surface area contributed by atoms with Crippen molar-refractivity contribution in [3.8, 4) is 0 Å². The van der Waals surface area contributed by atoms with Crippen molar-refractivity contribution < 1.29 is 84.2 Å². The molecule has 198 valence electrons. The Morgan fingerprint density at radius 2 is 0.939 bits per heavy atom. The Labute approximate surface area is 176 Å². The summed E-state index contributed by atoms with van der Waals surface area (Å²) in [7, 11) is 0.